The van der Waals surface area contributed by atoms with Gasteiger partial charge in [0.1, 0.15) is 23.9 Å². The lowest BCUT2D eigenvalue weighted by molar-refractivity contribution is -0.143. The van der Waals surface area contributed by atoms with Gasteiger partial charge in [0, 0.05) is 30.5 Å². The molecule has 0 fully saturated rings. The van der Waals surface area contributed by atoms with Crippen LogP contribution >= 0.6 is 0 Å². The number of aliphatic imine (C=N–C) groups is 1. The Balaban J connectivity index is 1.92. The van der Waals surface area contributed by atoms with Crippen LogP contribution in [0.1, 0.15) is 22.8 Å². The first-order valence-electron chi connectivity index (χ1n) is 11.4. The first-order valence-corrected chi connectivity index (χ1v) is 11.4. The van der Waals surface area contributed by atoms with Crippen molar-refractivity contribution in [1.82, 2.24) is 0 Å². The maximum atomic E-state index is 14.4. The number of ether oxygens (including phenoxy) is 5. The van der Waals surface area contributed by atoms with E-state index in [4.69, 9.17) is 23.7 Å². The molecule has 194 valence electrons. The van der Waals surface area contributed by atoms with Gasteiger partial charge in [-0.15, -0.1) is 0 Å². The van der Waals surface area contributed by atoms with E-state index in [2.05, 4.69) is 4.99 Å². The first-order chi connectivity index (χ1) is 17.9. The molecule has 0 aromatic heterocycles. The lowest BCUT2D eigenvalue weighted by Gasteiger charge is -2.14. The monoisotopic (exact) mass is 509 g/mol. The normalized spacial score (nSPS) is 11.6. The molecule has 1 unspecified atom stereocenters. The Kier molecular flexibility index (Phi) is 9.60. The van der Waals surface area contributed by atoms with Crippen LogP contribution in [0.15, 0.2) is 65.7 Å². The van der Waals surface area contributed by atoms with Crippen molar-refractivity contribution in [2.75, 3.05) is 27.9 Å². The molecule has 3 rings (SSSR count). The minimum atomic E-state index is -1.46. The van der Waals surface area contributed by atoms with Gasteiger partial charge in [0.25, 0.3) is 0 Å². The molecule has 1 atom stereocenters. The summed E-state index contributed by atoms with van der Waals surface area (Å²) in [6.45, 7) is 1.98. The second kappa shape index (κ2) is 13.1. The van der Waals surface area contributed by atoms with Crippen molar-refractivity contribution in [1.29, 1.82) is 0 Å². The summed E-state index contributed by atoms with van der Waals surface area (Å²) in [7, 11) is 4.11. The highest BCUT2D eigenvalue weighted by molar-refractivity contribution is 6.19. The highest BCUT2D eigenvalue weighted by atomic mass is 19.1. The maximum absolute atomic E-state index is 14.4. The number of carbonyl (C=O) groups is 2. The summed E-state index contributed by atoms with van der Waals surface area (Å²) in [5, 5.41) is 0. The Bertz CT molecular complexity index is 1260. The largest absolute Gasteiger partial charge is 0.497 e. The average Bonchev–Trinajstić information content (AvgIpc) is 2.92. The Morgan fingerprint density at radius 3 is 2.27 bits per heavy atom. The molecule has 0 saturated heterocycles. The van der Waals surface area contributed by atoms with Crippen LogP contribution in [-0.4, -0.2) is 45.9 Å². The van der Waals surface area contributed by atoms with Crippen molar-refractivity contribution >= 4 is 23.7 Å². The highest BCUT2D eigenvalue weighted by Crippen LogP contribution is 2.31. The van der Waals surface area contributed by atoms with E-state index in [1.165, 1.54) is 27.4 Å². The maximum Gasteiger partial charge on any atom is 0.322 e. The Labute approximate surface area is 214 Å². The zero-order chi connectivity index (χ0) is 26.8. The Hall–Kier alpha value is -4.40. The lowest BCUT2D eigenvalue weighted by Crippen LogP contribution is -2.28. The standard InChI is InChI=1S/C28H28FNO7/c1-5-36-28(32)23(27(31)22-14-24(29)26(35-4)15-25(22)34-3)16-30-19-11-20(33-2)13-21(12-19)37-17-18-9-7-6-8-10-18/h6-16,23H,5,17H2,1-4H3. The molecule has 0 amide bonds. The third-order valence-corrected chi connectivity index (χ3v) is 5.28. The molecular formula is C28H28FNO7. The molecule has 0 saturated carbocycles. The molecule has 37 heavy (non-hydrogen) atoms. The summed E-state index contributed by atoms with van der Waals surface area (Å²) in [4.78, 5) is 30.4. The van der Waals surface area contributed by atoms with E-state index < -0.39 is 23.5 Å². The Morgan fingerprint density at radius 2 is 1.62 bits per heavy atom. The summed E-state index contributed by atoms with van der Waals surface area (Å²) < 4.78 is 40.9. The number of methoxy groups -OCH3 is 3. The number of ketones is 1. The molecule has 0 spiro atoms. The molecule has 3 aromatic carbocycles. The fourth-order valence-corrected chi connectivity index (χ4v) is 3.42. The van der Waals surface area contributed by atoms with Gasteiger partial charge in [0.15, 0.2) is 23.3 Å². The molecule has 0 N–H and O–H groups in total. The van der Waals surface area contributed by atoms with Gasteiger partial charge in [0.05, 0.1) is 39.2 Å². The van der Waals surface area contributed by atoms with Crippen LogP contribution in [0.5, 0.6) is 23.0 Å². The van der Waals surface area contributed by atoms with Crippen molar-refractivity contribution in [3.63, 3.8) is 0 Å². The summed E-state index contributed by atoms with van der Waals surface area (Å²) in [5.74, 6) is -2.93. The average molecular weight is 510 g/mol. The van der Waals surface area contributed by atoms with E-state index in [9.17, 15) is 14.0 Å². The summed E-state index contributed by atoms with van der Waals surface area (Å²) >= 11 is 0. The molecule has 0 heterocycles. The van der Waals surface area contributed by atoms with Gasteiger partial charge in [-0.1, -0.05) is 30.3 Å². The first kappa shape index (κ1) is 27.2. The quantitative estimate of drug-likeness (QED) is 0.143. The van der Waals surface area contributed by atoms with Crippen molar-refractivity contribution in [3.8, 4) is 23.0 Å². The summed E-state index contributed by atoms with van der Waals surface area (Å²) in [6.07, 6.45) is 1.15. The van der Waals surface area contributed by atoms with Gasteiger partial charge in [0.2, 0.25) is 0 Å². The molecule has 0 aliphatic heterocycles. The fourth-order valence-electron chi connectivity index (χ4n) is 3.42. The topological polar surface area (TPSA) is 92.7 Å². The van der Waals surface area contributed by atoms with E-state index >= 15 is 0 Å². The lowest BCUT2D eigenvalue weighted by atomic mass is 9.97. The Morgan fingerprint density at radius 1 is 0.919 bits per heavy atom. The van der Waals surface area contributed by atoms with Crippen molar-refractivity contribution in [2.24, 2.45) is 10.9 Å². The molecule has 9 heteroatoms. The zero-order valence-corrected chi connectivity index (χ0v) is 21.0. The van der Waals surface area contributed by atoms with Crippen LogP contribution in [0.4, 0.5) is 10.1 Å². The van der Waals surface area contributed by atoms with Crippen LogP contribution < -0.4 is 18.9 Å². The van der Waals surface area contributed by atoms with Crippen molar-refractivity contribution < 1.29 is 37.7 Å². The molecule has 0 bridgehead atoms. The third kappa shape index (κ3) is 7.07. The molecular weight excluding hydrogens is 481 g/mol. The van der Waals surface area contributed by atoms with E-state index in [1.54, 1.807) is 25.1 Å². The fraction of sp³-hybridized carbons (Fsp3) is 0.250. The van der Waals surface area contributed by atoms with Gasteiger partial charge in [-0.2, -0.15) is 0 Å². The van der Waals surface area contributed by atoms with E-state index in [0.29, 0.717) is 23.8 Å². The van der Waals surface area contributed by atoms with Crippen LogP contribution in [0, 0.1) is 11.7 Å². The summed E-state index contributed by atoms with van der Waals surface area (Å²) in [5.41, 5.74) is 1.20. The predicted octanol–water partition coefficient (Wildman–Crippen LogP) is 5.20. The van der Waals surface area contributed by atoms with Gasteiger partial charge in [-0.05, 0) is 18.6 Å². The SMILES string of the molecule is CCOC(=O)C(C=Nc1cc(OC)cc(OCc2ccccc2)c1)C(=O)c1cc(F)c(OC)cc1OC. The highest BCUT2D eigenvalue weighted by Gasteiger charge is 2.30. The minimum Gasteiger partial charge on any atom is -0.497 e. The minimum absolute atomic E-state index is 0.0429. The smallest absolute Gasteiger partial charge is 0.322 e. The van der Waals surface area contributed by atoms with E-state index in [1.807, 2.05) is 30.3 Å². The van der Waals surface area contributed by atoms with Gasteiger partial charge < -0.3 is 23.7 Å². The van der Waals surface area contributed by atoms with Gasteiger partial charge in [-0.3, -0.25) is 14.6 Å². The number of nitrogens with zero attached hydrogens (tertiary/aromatic N) is 1. The molecule has 0 aliphatic carbocycles. The number of esters is 1. The number of carbonyl (C=O) groups excluding carboxylic acids is 2. The van der Waals surface area contributed by atoms with E-state index in [0.717, 1.165) is 17.8 Å². The number of hydrogen-bond donors (Lipinski definition) is 0. The summed E-state index contributed by atoms with van der Waals surface area (Å²) in [6, 6.07) is 16.8. The van der Waals surface area contributed by atoms with Crippen LogP contribution in [0.25, 0.3) is 0 Å². The second-order valence-corrected chi connectivity index (χ2v) is 7.70. The van der Waals surface area contributed by atoms with Crippen LogP contribution in [0.2, 0.25) is 0 Å². The number of halogens is 1. The molecule has 8 nitrogen and oxygen atoms in total. The van der Waals surface area contributed by atoms with Gasteiger partial charge >= 0.3 is 5.97 Å². The van der Waals surface area contributed by atoms with Crippen LogP contribution in [0.3, 0.4) is 0 Å². The predicted molar refractivity (Wildman–Crippen MR) is 136 cm³/mol. The number of rotatable bonds is 12. The van der Waals surface area contributed by atoms with Crippen molar-refractivity contribution in [2.45, 2.75) is 13.5 Å². The number of hydrogen-bond acceptors (Lipinski definition) is 8. The molecule has 3 aromatic rings. The second-order valence-electron chi connectivity index (χ2n) is 7.70. The number of Topliss-reactive ketones (excluding diaryl/α,β-unsaturated/α-hetero) is 1. The van der Waals surface area contributed by atoms with Crippen molar-refractivity contribution in [3.05, 3.63) is 77.6 Å². The number of benzene rings is 3. The third-order valence-electron chi connectivity index (χ3n) is 5.28. The van der Waals surface area contributed by atoms with E-state index in [-0.39, 0.29) is 23.7 Å². The van der Waals surface area contributed by atoms with Gasteiger partial charge in [-0.25, -0.2) is 4.39 Å². The molecule has 0 aliphatic rings. The molecule has 0 radical (unpaired) electrons. The zero-order valence-electron chi connectivity index (χ0n) is 21.0. The van der Waals surface area contributed by atoms with Crippen LogP contribution in [-0.2, 0) is 16.1 Å².